The van der Waals surface area contributed by atoms with Gasteiger partial charge in [-0.15, -0.1) is 0 Å². The number of hydrogen-bond donors (Lipinski definition) is 1. The predicted octanol–water partition coefficient (Wildman–Crippen LogP) is 5.47. The van der Waals surface area contributed by atoms with Crippen LogP contribution < -0.4 is 0 Å². The van der Waals surface area contributed by atoms with Crippen LogP contribution in [0, 0.1) is 5.92 Å². The Bertz CT molecular complexity index is 1100. The van der Waals surface area contributed by atoms with Crippen molar-refractivity contribution in [2.24, 2.45) is 5.92 Å². The number of aromatic hydroxyl groups is 1. The molecule has 5 rings (SSSR count). The number of phenolic OH excluding ortho intramolecular Hbond substituents is 1. The third-order valence-electron chi connectivity index (χ3n) is 6.48. The molecule has 3 heteroatoms. The minimum absolute atomic E-state index is 0.294. The second-order valence-electron chi connectivity index (χ2n) is 7.85. The summed E-state index contributed by atoms with van der Waals surface area (Å²) in [4.78, 5) is 7.33. The van der Waals surface area contributed by atoms with Gasteiger partial charge in [0.1, 0.15) is 5.75 Å². The molecule has 0 saturated heterocycles. The summed E-state index contributed by atoms with van der Waals surface area (Å²) in [6, 6.07) is 5.48. The quantitative estimate of drug-likeness (QED) is 0.688. The number of pyridine rings is 1. The zero-order chi connectivity index (χ0) is 18.9. The molecule has 2 aromatic rings. The fraction of sp³-hybridized carbons (Fsp3) is 0.292. The summed E-state index contributed by atoms with van der Waals surface area (Å²) < 4.78 is 0. The van der Waals surface area contributed by atoms with Crippen LogP contribution in [0.4, 0.5) is 0 Å². The number of allylic oxidation sites excluding steroid dienone is 4. The predicted molar refractivity (Wildman–Crippen MR) is 110 cm³/mol. The molecule has 1 aromatic carbocycles. The van der Waals surface area contributed by atoms with Crippen molar-refractivity contribution in [1.82, 2.24) is 9.88 Å². The van der Waals surface area contributed by atoms with Crippen LogP contribution in [0.15, 0.2) is 59.8 Å². The van der Waals surface area contributed by atoms with E-state index < -0.39 is 0 Å². The SMILES string of the molecule is C=C1CCC2=C(C=C3c4nc5ccc(O)cc5c(CC)c4CN3C2=C)C1C. The largest absolute Gasteiger partial charge is 0.508 e. The van der Waals surface area contributed by atoms with E-state index in [9.17, 15) is 5.11 Å². The van der Waals surface area contributed by atoms with E-state index in [-0.39, 0.29) is 0 Å². The second kappa shape index (κ2) is 5.59. The van der Waals surface area contributed by atoms with Crippen molar-refractivity contribution < 1.29 is 5.11 Å². The van der Waals surface area contributed by atoms with Gasteiger partial charge in [-0.1, -0.05) is 32.6 Å². The number of hydrogen-bond acceptors (Lipinski definition) is 3. The summed E-state index contributed by atoms with van der Waals surface area (Å²) in [7, 11) is 0. The third-order valence-corrected chi connectivity index (χ3v) is 6.48. The molecule has 3 nitrogen and oxygen atoms in total. The van der Waals surface area contributed by atoms with Gasteiger partial charge in [-0.25, -0.2) is 4.98 Å². The Morgan fingerprint density at radius 1 is 1.26 bits per heavy atom. The molecular formula is C24H24N2O. The molecule has 1 N–H and O–H groups in total. The van der Waals surface area contributed by atoms with Crippen molar-refractivity contribution in [3.63, 3.8) is 0 Å². The number of phenols is 1. The monoisotopic (exact) mass is 356 g/mol. The van der Waals surface area contributed by atoms with Gasteiger partial charge in [0.2, 0.25) is 0 Å². The maximum absolute atomic E-state index is 9.96. The summed E-state index contributed by atoms with van der Waals surface area (Å²) in [5, 5.41) is 11.0. The van der Waals surface area contributed by atoms with Crippen LogP contribution in [0.2, 0.25) is 0 Å². The summed E-state index contributed by atoms with van der Waals surface area (Å²) >= 11 is 0. The van der Waals surface area contributed by atoms with Crippen molar-refractivity contribution in [1.29, 1.82) is 0 Å². The van der Waals surface area contributed by atoms with Gasteiger partial charge in [-0.2, -0.15) is 0 Å². The van der Waals surface area contributed by atoms with Crippen LogP contribution >= 0.6 is 0 Å². The van der Waals surface area contributed by atoms with E-state index in [4.69, 9.17) is 4.98 Å². The van der Waals surface area contributed by atoms with E-state index in [1.807, 2.05) is 12.1 Å². The van der Waals surface area contributed by atoms with Gasteiger partial charge in [0, 0.05) is 22.6 Å². The van der Waals surface area contributed by atoms with Crippen LogP contribution in [0.3, 0.4) is 0 Å². The summed E-state index contributed by atoms with van der Waals surface area (Å²) in [6.45, 7) is 14.0. The Hall–Kier alpha value is -2.81. The van der Waals surface area contributed by atoms with Gasteiger partial charge >= 0.3 is 0 Å². The fourth-order valence-electron chi connectivity index (χ4n) is 4.86. The van der Waals surface area contributed by atoms with Crippen LogP contribution in [-0.2, 0) is 13.0 Å². The Labute approximate surface area is 160 Å². The number of rotatable bonds is 1. The van der Waals surface area contributed by atoms with Crippen LogP contribution in [0.25, 0.3) is 16.6 Å². The summed E-state index contributed by atoms with van der Waals surface area (Å²) in [6.07, 6.45) is 5.31. The molecule has 1 aromatic heterocycles. The molecule has 0 radical (unpaired) electrons. The highest BCUT2D eigenvalue weighted by Crippen LogP contribution is 2.48. The molecule has 1 unspecified atom stereocenters. The number of aromatic nitrogens is 1. The molecule has 1 atom stereocenters. The van der Waals surface area contributed by atoms with Crippen molar-refractivity contribution in [2.75, 3.05) is 0 Å². The van der Waals surface area contributed by atoms with Gasteiger partial charge in [0.25, 0.3) is 0 Å². The third kappa shape index (κ3) is 2.18. The van der Waals surface area contributed by atoms with Crippen molar-refractivity contribution in [2.45, 2.75) is 39.7 Å². The minimum atomic E-state index is 0.294. The average molecular weight is 356 g/mol. The zero-order valence-electron chi connectivity index (χ0n) is 16.0. The van der Waals surface area contributed by atoms with Gasteiger partial charge in [0.15, 0.2) is 0 Å². The lowest BCUT2D eigenvalue weighted by Crippen LogP contribution is -2.24. The van der Waals surface area contributed by atoms with Gasteiger partial charge < -0.3 is 10.0 Å². The van der Waals surface area contributed by atoms with Crippen LogP contribution in [0.5, 0.6) is 5.75 Å². The maximum atomic E-state index is 9.96. The van der Waals surface area contributed by atoms with Gasteiger partial charge in [0.05, 0.1) is 23.5 Å². The Balaban J connectivity index is 1.76. The molecule has 3 heterocycles. The van der Waals surface area contributed by atoms with E-state index >= 15 is 0 Å². The fourth-order valence-corrected chi connectivity index (χ4v) is 4.86. The summed E-state index contributed by atoms with van der Waals surface area (Å²) in [5.41, 5.74) is 10.9. The highest BCUT2D eigenvalue weighted by Gasteiger charge is 2.36. The molecule has 1 aliphatic carbocycles. The summed E-state index contributed by atoms with van der Waals surface area (Å²) in [5.74, 6) is 0.662. The minimum Gasteiger partial charge on any atom is -0.508 e. The van der Waals surface area contributed by atoms with Crippen molar-refractivity contribution >= 4 is 16.6 Å². The van der Waals surface area contributed by atoms with Crippen molar-refractivity contribution in [3.05, 3.63) is 76.7 Å². The molecular weight excluding hydrogens is 332 g/mol. The van der Waals surface area contributed by atoms with Crippen LogP contribution in [0.1, 0.15) is 43.5 Å². The topological polar surface area (TPSA) is 36.4 Å². The van der Waals surface area contributed by atoms with Crippen LogP contribution in [-0.4, -0.2) is 15.0 Å². The number of aryl methyl sites for hydroxylation is 1. The van der Waals surface area contributed by atoms with E-state index in [0.717, 1.165) is 48.1 Å². The smallest absolute Gasteiger partial charge is 0.116 e. The first-order chi connectivity index (χ1) is 13.0. The van der Waals surface area contributed by atoms with E-state index in [2.05, 4.69) is 38.0 Å². The first-order valence-electron chi connectivity index (χ1n) is 9.73. The maximum Gasteiger partial charge on any atom is 0.116 e. The number of fused-ring (bicyclic) bond motifs is 4. The molecule has 0 spiro atoms. The average Bonchev–Trinajstić information content (AvgIpc) is 3.02. The standard InChI is InChI=1S/C24H24N2O/c1-5-17-20-10-16(27)7-9-22(20)25-24-21(17)12-26-15(4)18-8-6-13(2)14(3)19(18)11-23(24)26/h7,9-11,14,27H,2,4-6,8,12H2,1,3H3. The second-order valence-corrected chi connectivity index (χ2v) is 7.85. The Morgan fingerprint density at radius 3 is 2.85 bits per heavy atom. The van der Waals surface area contributed by atoms with Gasteiger partial charge in [-0.3, -0.25) is 0 Å². The molecule has 3 aliphatic rings. The van der Waals surface area contributed by atoms with Gasteiger partial charge in [-0.05, 0) is 60.2 Å². The number of benzene rings is 1. The van der Waals surface area contributed by atoms with Crippen molar-refractivity contribution in [3.8, 4) is 5.75 Å². The first-order valence-corrected chi connectivity index (χ1v) is 9.73. The number of nitrogens with zero attached hydrogens (tertiary/aromatic N) is 2. The first kappa shape index (κ1) is 16.4. The lowest BCUT2D eigenvalue weighted by Gasteiger charge is -2.36. The van der Waals surface area contributed by atoms with E-state index in [1.54, 1.807) is 6.07 Å². The normalized spacial score (nSPS) is 21.3. The molecule has 0 amide bonds. The Kier molecular flexibility index (Phi) is 3.39. The Morgan fingerprint density at radius 2 is 2.07 bits per heavy atom. The molecule has 0 fully saturated rings. The molecule has 0 saturated carbocycles. The highest BCUT2D eigenvalue weighted by molar-refractivity contribution is 5.89. The molecule has 136 valence electrons. The molecule has 27 heavy (non-hydrogen) atoms. The van der Waals surface area contributed by atoms with E-state index in [1.165, 1.54) is 33.5 Å². The molecule has 0 bridgehead atoms. The van der Waals surface area contributed by atoms with E-state index in [0.29, 0.717) is 11.7 Å². The highest BCUT2D eigenvalue weighted by atomic mass is 16.3. The lowest BCUT2D eigenvalue weighted by molar-refractivity contribution is 0.476. The molecule has 2 aliphatic heterocycles. The zero-order valence-corrected chi connectivity index (χ0v) is 16.0. The lowest BCUT2D eigenvalue weighted by atomic mass is 9.78.